The van der Waals surface area contributed by atoms with Crippen LogP contribution in [0.4, 0.5) is 0 Å². The molecule has 0 saturated carbocycles. The molecule has 0 saturated heterocycles. The van der Waals surface area contributed by atoms with Gasteiger partial charge in [-0.3, -0.25) is 4.79 Å². The first-order chi connectivity index (χ1) is 10.6. The van der Waals surface area contributed by atoms with E-state index in [-0.39, 0.29) is 5.91 Å². The number of carbonyl (C=O) groups is 1. The van der Waals surface area contributed by atoms with Crippen LogP contribution in [0, 0.1) is 0 Å². The second-order valence-corrected chi connectivity index (χ2v) is 5.88. The van der Waals surface area contributed by atoms with Gasteiger partial charge in [-0.1, -0.05) is 0 Å². The molecule has 0 radical (unpaired) electrons. The van der Waals surface area contributed by atoms with Gasteiger partial charge in [-0.05, 0) is 50.2 Å². The molecule has 2 aromatic heterocycles. The van der Waals surface area contributed by atoms with Crippen molar-refractivity contribution < 1.29 is 4.79 Å². The molecule has 0 fully saturated rings. The third-order valence-corrected chi connectivity index (χ3v) is 4.02. The SMILES string of the molecule is CC(C)n1ccc2cc(C(=O)NCc3cccn3C)ccc21. The summed E-state index contributed by atoms with van der Waals surface area (Å²) in [6.45, 7) is 4.84. The highest BCUT2D eigenvalue weighted by atomic mass is 16.1. The second kappa shape index (κ2) is 5.72. The predicted octanol–water partition coefficient (Wildman–Crippen LogP) is 3.49. The summed E-state index contributed by atoms with van der Waals surface area (Å²) in [5.74, 6) is -0.0413. The Morgan fingerprint density at radius 3 is 2.68 bits per heavy atom. The Morgan fingerprint density at radius 2 is 2.00 bits per heavy atom. The molecule has 1 aromatic carbocycles. The second-order valence-electron chi connectivity index (χ2n) is 5.88. The molecule has 22 heavy (non-hydrogen) atoms. The summed E-state index contributed by atoms with van der Waals surface area (Å²) < 4.78 is 4.22. The number of nitrogens with one attached hydrogen (secondary N) is 1. The van der Waals surface area contributed by atoms with E-state index in [1.54, 1.807) is 0 Å². The van der Waals surface area contributed by atoms with Crippen molar-refractivity contribution in [1.82, 2.24) is 14.5 Å². The number of fused-ring (bicyclic) bond motifs is 1. The Kier molecular flexibility index (Phi) is 3.75. The summed E-state index contributed by atoms with van der Waals surface area (Å²) in [6.07, 6.45) is 4.04. The van der Waals surface area contributed by atoms with E-state index < -0.39 is 0 Å². The molecule has 3 rings (SSSR count). The van der Waals surface area contributed by atoms with Crippen molar-refractivity contribution in [3.63, 3.8) is 0 Å². The number of carbonyl (C=O) groups excluding carboxylic acids is 1. The quantitative estimate of drug-likeness (QED) is 0.786. The van der Waals surface area contributed by atoms with Gasteiger partial charge in [0, 0.05) is 47.6 Å². The summed E-state index contributed by atoms with van der Waals surface area (Å²) in [4.78, 5) is 12.3. The molecule has 2 heterocycles. The molecule has 0 aliphatic heterocycles. The normalized spacial score (nSPS) is 11.3. The summed E-state index contributed by atoms with van der Waals surface area (Å²) in [7, 11) is 1.97. The van der Waals surface area contributed by atoms with Gasteiger partial charge >= 0.3 is 0 Å². The van der Waals surface area contributed by atoms with Crippen molar-refractivity contribution >= 4 is 16.8 Å². The van der Waals surface area contributed by atoms with E-state index in [1.807, 2.05) is 48.1 Å². The third kappa shape index (κ3) is 2.64. The van der Waals surface area contributed by atoms with Crippen LogP contribution >= 0.6 is 0 Å². The van der Waals surface area contributed by atoms with Crippen LogP contribution in [-0.4, -0.2) is 15.0 Å². The third-order valence-electron chi connectivity index (χ3n) is 4.02. The lowest BCUT2D eigenvalue weighted by atomic mass is 10.1. The fourth-order valence-electron chi connectivity index (χ4n) is 2.71. The highest BCUT2D eigenvalue weighted by molar-refractivity contribution is 5.98. The molecular formula is C18H21N3O. The molecule has 0 aliphatic rings. The van der Waals surface area contributed by atoms with E-state index in [0.717, 1.165) is 16.6 Å². The van der Waals surface area contributed by atoms with Gasteiger partial charge in [-0.2, -0.15) is 0 Å². The maximum absolute atomic E-state index is 12.3. The molecule has 114 valence electrons. The first-order valence-corrected chi connectivity index (χ1v) is 7.55. The Bertz CT molecular complexity index is 811. The number of aromatic nitrogens is 2. The smallest absolute Gasteiger partial charge is 0.251 e. The molecule has 0 atom stereocenters. The molecule has 4 nitrogen and oxygen atoms in total. The van der Waals surface area contributed by atoms with Crippen molar-refractivity contribution in [2.75, 3.05) is 0 Å². The van der Waals surface area contributed by atoms with Crippen LogP contribution in [0.1, 0.15) is 35.9 Å². The Hall–Kier alpha value is -2.49. The van der Waals surface area contributed by atoms with Crippen LogP contribution in [0.25, 0.3) is 10.9 Å². The van der Waals surface area contributed by atoms with E-state index in [4.69, 9.17) is 0 Å². The number of benzene rings is 1. The van der Waals surface area contributed by atoms with E-state index in [1.165, 1.54) is 0 Å². The number of nitrogens with zero attached hydrogens (tertiary/aromatic N) is 2. The lowest BCUT2D eigenvalue weighted by molar-refractivity contribution is 0.0950. The minimum Gasteiger partial charge on any atom is -0.353 e. The molecule has 4 heteroatoms. The molecule has 0 unspecified atom stereocenters. The fourth-order valence-corrected chi connectivity index (χ4v) is 2.71. The fraction of sp³-hybridized carbons (Fsp3) is 0.278. The van der Waals surface area contributed by atoms with Crippen LogP contribution in [0.5, 0.6) is 0 Å². The summed E-state index contributed by atoms with van der Waals surface area (Å²) in [5.41, 5.74) is 2.94. The van der Waals surface area contributed by atoms with Crippen molar-refractivity contribution in [1.29, 1.82) is 0 Å². The van der Waals surface area contributed by atoms with Crippen molar-refractivity contribution in [2.24, 2.45) is 7.05 Å². The van der Waals surface area contributed by atoms with E-state index in [9.17, 15) is 4.79 Å². The minimum absolute atomic E-state index is 0.0413. The van der Waals surface area contributed by atoms with Gasteiger partial charge in [0.25, 0.3) is 5.91 Å². The van der Waals surface area contributed by atoms with Crippen LogP contribution in [0.2, 0.25) is 0 Å². The topological polar surface area (TPSA) is 39.0 Å². The van der Waals surface area contributed by atoms with Gasteiger partial charge in [0.15, 0.2) is 0 Å². The Morgan fingerprint density at radius 1 is 1.18 bits per heavy atom. The van der Waals surface area contributed by atoms with Gasteiger partial charge in [0.1, 0.15) is 0 Å². The van der Waals surface area contributed by atoms with Crippen LogP contribution in [0.3, 0.4) is 0 Å². The Labute approximate surface area is 130 Å². The monoisotopic (exact) mass is 295 g/mol. The van der Waals surface area contributed by atoms with Gasteiger partial charge in [-0.25, -0.2) is 0 Å². The van der Waals surface area contributed by atoms with Crippen LogP contribution in [0.15, 0.2) is 48.8 Å². The lowest BCUT2D eigenvalue weighted by Gasteiger charge is -2.10. The number of hydrogen-bond acceptors (Lipinski definition) is 1. The molecular weight excluding hydrogens is 274 g/mol. The summed E-state index contributed by atoms with van der Waals surface area (Å²) in [5, 5.41) is 4.07. The average molecular weight is 295 g/mol. The zero-order valence-corrected chi connectivity index (χ0v) is 13.2. The van der Waals surface area contributed by atoms with Crippen molar-refractivity contribution in [3.8, 4) is 0 Å². The average Bonchev–Trinajstić information content (AvgIpc) is 3.10. The van der Waals surface area contributed by atoms with Crippen molar-refractivity contribution in [3.05, 3.63) is 60.0 Å². The molecule has 0 aliphatic carbocycles. The highest BCUT2D eigenvalue weighted by Crippen LogP contribution is 2.21. The van der Waals surface area contributed by atoms with E-state index >= 15 is 0 Å². The lowest BCUT2D eigenvalue weighted by Crippen LogP contribution is -2.23. The largest absolute Gasteiger partial charge is 0.353 e. The predicted molar refractivity (Wildman–Crippen MR) is 88.9 cm³/mol. The van der Waals surface area contributed by atoms with Crippen molar-refractivity contribution in [2.45, 2.75) is 26.4 Å². The summed E-state index contributed by atoms with van der Waals surface area (Å²) in [6, 6.07) is 12.3. The number of aryl methyl sites for hydroxylation is 1. The van der Waals surface area contributed by atoms with Crippen LogP contribution in [-0.2, 0) is 13.6 Å². The maximum atomic E-state index is 12.3. The summed E-state index contributed by atoms with van der Waals surface area (Å²) >= 11 is 0. The minimum atomic E-state index is -0.0413. The zero-order valence-electron chi connectivity index (χ0n) is 13.2. The van der Waals surface area contributed by atoms with Crippen LogP contribution < -0.4 is 5.32 Å². The molecule has 0 bridgehead atoms. The molecule has 1 N–H and O–H groups in total. The molecule has 3 aromatic rings. The first-order valence-electron chi connectivity index (χ1n) is 7.55. The Balaban J connectivity index is 1.78. The van der Waals surface area contributed by atoms with Gasteiger partial charge in [0.2, 0.25) is 0 Å². The van der Waals surface area contributed by atoms with E-state index in [0.29, 0.717) is 18.2 Å². The van der Waals surface area contributed by atoms with E-state index in [2.05, 4.69) is 36.0 Å². The first kappa shape index (κ1) is 14.4. The maximum Gasteiger partial charge on any atom is 0.251 e. The number of hydrogen-bond donors (Lipinski definition) is 1. The number of rotatable bonds is 4. The standard InChI is InChI=1S/C18H21N3O/c1-13(2)21-10-8-14-11-15(6-7-17(14)21)18(22)19-12-16-5-4-9-20(16)3/h4-11,13H,12H2,1-3H3,(H,19,22). The highest BCUT2D eigenvalue weighted by Gasteiger charge is 2.10. The zero-order chi connectivity index (χ0) is 15.7. The molecule has 0 spiro atoms. The van der Waals surface area contributed by atoms with Gasteiger partial charge < -0.3 is 14.5 Å². The van der Waals surface area contributed by atoms with Gasteiger partial charge in [0.05, 0.1) is 6.54 Å². The van der Waals surface area contributed by atoms with Gasteiger partial charge in [-0.15, -0.1) is 0 Å². The number of amides is 1. The molecule has 1 amide bonds.